The van der Waals surface area contributed by atoms with Crippen molar-refractivity contribution >= 4 is 53.2 Å². The van der Waals surface area contributed by atoms with Crippen LogP contribution in [0, 0.1) is 0 Å². The molecule has 8 bridgehead atoms. The van der Waals surface area contributed by atoms with Crippen LogP contribution >= 0.6 is 31.2 Å². The first-order chi connectivity index (χ1) is 24.4. The molecule has 10 N–H and O–H groups in total. The van der Waals surface area contributed by atoms with Gasteiger partial charge in [-0.05, 0) is 85.0 Å². The quantitative estimate of drug-likeness (QED) is 0.0849. The normalized spacial score (nSPS) is 16.8. The summed E-state index contributed by atoms with van der Waals surface area (Å²) in [5.41, 5.74) is 6.22. The third-order valence-electron chi connectivity index (χ3n) is 10.0. The number of H-pyrrole nitrogens is 2. The van der Waals surface area contributed by atoms with Gasteiger partial charge in [-0.3, -0.25) is 23.7 Å². The molecule has 15 nitrogen and oxygen atoms in total. The maximum absolute atomic E-state index is 11.9. The monoisotopic (exact) mass is 814 g/mol. The molecule has 1 atom stereocenters. The second-order valence-electron chi connectivity index (χ2n) is 15.7. The third-order valence-corrected chi connectivity index (χ3v) is 13.2. The molecule has 53 heavy (non-hydrogen) atoms. The molecule has 2 aliphatic heterocycles. The Hall–Kier alpha value is -2.08. The molecule has 0 aliphatic carbocycles. The van der Waals surface area contributed by atoms with E-state index in [2.05, 4.69) is 23.8 Å². The van der Waals surface area contributed by atoms with Crippen molar-refractivity contribution in [2.75, 3.05) is 24.6 Å². The number of hydrogen-bond acceptors (Lipinski definition) is 7. The molecule has 0 saturated carbocycles. The Kier molecular flexibility index (Phi) is 12.6. The highest BCUT2D eigenvalue weighted by atomic mass is 31.2. The van der Waals surface area contributed by atoms with Gasteiger partial charge in [0, 0.05) is 74.7 Å². The molecule has 5 rings (SSSR count). The zero-order valence-electron chi connectivity index (χ0n) is 30.2. The second kappa shape index (κ2) is 15.8. The Bertz CT molecular complexity index is 2100. The Morgan fingerprint density at radius 1 is 0.623 bits per heavy atom. The van der Waals surface area contributed by atoms with Crippen molar-refractivity contribution in [3.8, 4) is 0 Å². The zero-order valence-corrected chi connectivity index (χ0v) is 33.8. The van der Waals surface area contributed by atoms with Crippen molar-refractivity contribution < 1.29 is 52.8 Å². The highest BCUT2D eigenvalue weighted by Gasteiger charge is 2.32. The van der Waals surface area contributed by atoms with Gasteiger partial charge in [0.05, 0.1) is 18.5 Å². The van der Waals surface area contributed by atoms with Crippen LogP contribution in [-0.4, -0.2) is 83.7 Å². The number of fused-ring (bicyclic) bond motifs is 8. The van der Waals surface area contributed by atoms with Crippen LogP contribution in [0.25, 0.3) is 22.1 Å². The van der Waals surface area contributed by atoms with Crippen LogP contribution < -0.4 is 0 Å². The predicted molar refractivity (Wildman–Crippen MR) is 205 cm³/mol. The topological polar surface area (TPSA) is 270 Å². The van der Waals surface area contributed by atoms with Crippen LogP contribution in [0.5, 0.6) is 0 Å². The first-order valence-electron chi connectivity index (χ1n) is 17.4. The standard InChI is InChI=1S/C34H50N4O11P4/c1-33(2)20-26-14-24-16-28(22(7-11-52(44,45)46)8-12-53(47,48)49)30(36-24)18-32-34(3,4)19-25(38-32)13-23-15-27(29(35-23)17-31(33)37-26)21(5-9-50(39)40)6-10-51(41,42)43/h13-18,21-22,35-36,39-40H,5-12,19-20H2,1-4H3,(H2,41,42,43)(H2,44,45,46)(H2,47,48,49). The number of hydrogen-bond donors (Lipinski definition) is 10. The molecule has 0 radical (unpaired) electrons. The molecule has 5 heterocycles. The van der Waals surface area contributed by atoms with Gasteiger partial charge in [-0.1, -0.05) is 27.7 Å². The van der Waals surface area contributed by atoms with Crippen molar-refractivity contribution in [3.63, 3.8) is 0 Å². The SMILES string of the molecule is CC1(C)Cc2cc3cc(C(CCP(=O)(O)O)CCP(=O)(O)O)c(cc4nc(cc5cc(C(CCP(O)O)CCP(=O)(O)O)c(cc1n2)[nH]5)CC4(C)C)[nH]3. The van der Waals surface area contributed by atoms with Crippen molar-refractivity contribution in [3.05, 3.63) is 70.3 Å². The van der Waals surface area contributed by atoms with E-state index in [-0.39, 0.29) is 31.6 Å². The Labute approximate surface area is 309 Å². The fourth-order valence-electron chi connectivity index (χ4n) is 7.27. The van der Waals surface area contributed by atoms with E-state index < -0.39 is 66.2 Å². The van der Waals surface area contributed by atoms with Crippen molar-refractivity contribution in [1.29, 1.82) is 0 Å². The Morgan fingerprint density at radius 2 is 0.981 bits per heavy atom. The lowest BCUT2D eigenvalue weighted by atomic mass is 9.86. The number of rotatable bonds is 14. The molecule has 2 aliphatic rings. The number of aromatic amines is 2. The number of aromatic nitrogens is 4. The van der Waals surface area contributed by atoms with Gasteiger partial charge in [-0.2, -0.15) is 0 Å². The lowest BCUT2D eigenvalue weighted by molar-refractivity contribution is 0.364. The van der Waals surface area contributed by atoms with Gasteiger partial charge < -0.3 is 49.1 Å². The predicted octanol–water partition coefficient (Wildman–Crippen LogP) is 5.91. The van der Waals surface area contributed by atoms with Crippen LogP contribution in [0.1, 0.15) is 99.1 Å². The minimum Gasteiger partial charge on any atom is -0.355 e. The first-order valence-corrected chi connectivity index (χ1v) is 24.2. The zero-order chi connectivity index (χ0) is 39.1. The minimum atomic E-state index is -4.41. The smallest absolute Gasteiger partial charge is 0.325 e. The first kappa shape index (κ1) is 42.1. The summed E-state index contributed by atoms with van der Waals surface area (Å²) in [5.74, 6) is -0.975. The molecule has 0 amide bonds. The van der Waals surface area contributed by atoms with Crippen LogP contribution in [0.15, 0.2) is 36.4 Å². The third kappa shape index (κ3) is 11.7. The molecule has 1 unspecified atom stereocenters. The molecule has 0 fully saturated rings. The summed E-state index contributed by atoms with van der Waals surface area (Å²) in [5, 5.41) is 0. The van der Waals surface area contributed by atoms with Gasteiger partial charge in [0.15, 0.2) is 8.38 Å². The number of nitrogens with zero attached hydrogens (tertiary/aromatic N) is 2. The van der Waals surface area contributed by atoms with E-state index in [9.17, 15) is 52.8 Å². The summed E-state index contributed by atoms with van der Waals surface area (Å²) in [6.07, 6.45) is 0.399. The van der Waals surface area contributed by atoms with Gasteiger partial charge in [-0.15, -0.1) is 0 Å². The van der Waals surface area contributed by atoms with Gasteiger partial charge in [0.25, 0.3) is 0 Å². The van der Waals surface area contributed by atoms with Crippen LogP contribution in [0.2, 0.25) is 0 Å². The summed E-state index contributed by atoms with van der Waals surface area (Å²) >= 11 is 0. The van der Waals surface area contributed by atoms with E-state index in [0.717, 1.165) is 28.3 Å². The van der Waals surface area contributed by atoms with Crippen LogP contribution in [0.4, 0.5) is 0 Å². The van der Waals surface area contributed by atoms with Crippen molar-refractivity contribution in [2.45, 2.75) is 88.9 Å². The molecular weight excluding hydrogens is 764 g/mol. The van der Waals surface area contributed by atoms with Gasteiger partial charge in [-0.25, -0.2) is 0 Å². The van der Waals surface area contributed by atoms with Crippen LogP contribution in [-0.2, 0) is 37.4 Å². The summed E-state index contributed by atoms with van der Waals surface area (Å²) in [4.78, 5) is 94.7. The highest BCUT2D eigenvalue weighted by molar-refractivity contribution is 7.52. The average Bonchev–Trinajstić information content (AvgIpc) is 3.71. The lowest BCUT2D eigenvalue weighted by Crippen LogP contribution is -2.15. The van der Waals surface area contributed by atoms with E-state index in [1.165, 1.54) is 0 Å². The van der Waals surface area contributed by atoms with Crippen molar-refractivity contribution in [1.82, 2.24) is 19.9 Å². The summed E-state index contributed by atoms with van der Waals surface area (Å²) in [7, 11) is -15.4. The lowest BCUT2D eigenvalue weighted by Gasteiger charge is -2.18. The Morgan fingerprint density at radius 3 is 1.32 bits per heavy atom. The largest absolute Gasteiger partial charge is 0.355 e. The maximum Gasteiger partial charge on any atom is 0.325 e. The summed E-state index contributed by atoms with van der Waals surface area (Å²) < 4.78 is 35.8. The molecule has 292 valence electrons. The second-order valence-corrected chi connectivity index (χ2v) is 22.2. The molecule has 0 saturated heterocycles. The molecule has 0 spiro atoms. The van der Waals surface area contributed by atoms with Gasteiger partial charge in [0.1, 0.15) is 0 Å². The molecule has 19 heteroatoms. The van der Waals surface area contributed by atoms with E-state index in [4.69, 9.17) is 9.97 Å². The number of nitrogens with one attached hydrogen (secondary N) is 2. The summed E-state index contributed by atoms with van der Waals surface area (Å²) in [6, 6.07) is 11.4. The Balaban J connectivity index is 1.78. The van der Waals surface area contributed by atoms with Crippen LogP contribution in [0.3, 0.4) is 0 Å². The maximum atomic E-state index is 11.9. The van der Waals surface area contributed by atoms with Gasteiger partial charge in [0.2, 0.25) is 0 Å². The fraction of sp³-hybridized carbons (Fsp3) is 0.529. The average molecular weight is 815 g/mol. The summed E-state index contributed by atoms with van der Waals surface area (Å²) in [6.45, 7) is 8.18. The molecule has 3 aromatic rings. The van der Waals surface area contributed by atoms with E-state index in [1.54, 1.807) is 0 Å². The molecule has 3 aromatic heterocycles. The van der Waals surface area contributed by atoms with E-state index in [0.29, 0.717) is 46.9 Å². The van der Waals surface area contributed by atoms with E-state index in [1.807, 2.05) is 50.2 Å². The molecule has 0 aromatic carbocycles. The van der Waals surface area contributed by atoms with E-state index >= 15 is 0 Å². The van der Waals surface area contributed by atoms with Crippen molar-refractivity contribution in [2.24, 2.45) is 0 Å². The highest BCUT2D eigenvalue weighted by Crippen LogP contribution is 2.45. The molecular formula is C34H50N4O11P4. The van der Waals surface area contributed by atoms with Gasteiger partial charge >= 0.3 is 22.8 Å². The fourth-order valence-corrected chi connectivity index (χ4v) is 9.76. The minimum absolute atomic E-state index is 0.00893.